The van der Waals surface area contributed by atoms with Crippen LogP contribution in [-0.4, -0.2) is 26.8 Å². The van der Waals surface area contributed by atoms with Crippen LogP contribution in [0.1, 0.15) is 10.5 Å². The molecule has 3 rings (SSSR count). The van der Waals surface area contributed by atoms with Gasteiger partial charge in [-0.05, 0) is 30.3 Å². The second-order valence-corrected chi connectivity index (χ2v) is 5.36. The molecular weight excluding hydrogens is 339 g/mol. The summed E-state index contributed by atoms with van der Waals surface area (Å²) in [4.78, 5) is 24.3. The molecule has 2 aromatic carbocycles. The Hall–Kier alpha value is -3.75. The number of nitrogens with one attached hydrogen (secondary N) is 2. The predicted molar refractivity (Wildman–Crippen MR) is 93.9 cm³/mol. The zero-order chi connectivity index (χ0) is 18.5. The first kappa shape index (κ1) is 17.1. The van der Waals surface area contributed by atoms with Gasteiger partial charge >= 0.3 is 0 Å². The normalized spacial score (nSPS) is 10.3. The molecule has 132 valence electrons. The van der Waals surface area contributed by atoms with Crippen LogP contribution in [0.3, 0.4) is 0 Å². The highest BCUT2D eigenvalue weighted by Crippen LogP contribution is 2.14. The molecule has 0 spiro atoms. The second-order valence-electron chi connectivity index (χ2n) is 5.36. The smallest absolute Gasteiger partial charge is 0.280 e. The molecule has 26 heavy (non-hydrogen) atoms. The highest BCUT2D eigenvalue weighted by molar-refractivity contribution is 6.05. The molecule has 0 aliphatic carbocycles. The fourth-order valence-corrected chi connectivity index (χ4v) is 2.21. The van der Waals surface area contributed by atoms with Crippen molar-refractivity contribution >= 4 is 29.0 Å². The molecule has 0 bridgehead atoms. The predicted octanol–water partition coefficient (Wildman–Crippen LogP) is 1.89. The molecule has 0 saturated heterocycles. The Morgan fingerprint density at radius 3 is 2.50 bits per heavy atom. The van der Waals surface area contributed by atoms with Crippen LogP contribution in [0.2, 0.25) is 0 Å². The Morgan fingerprint density at radius 1 is 1.04 bits per heavy atom. The van der Waals surface area contributed by atoms with Gasteiger partial charge in [0.25, 0.3) is 5.91 Å². The number of nitrogens with zero attached hydrogens (tertiary/aromatic N) is 3. The Morgan fingerprint density at radius 2 is 1.77 bits per heavy atom. The highest BCUT2D eigenvalue weighted by Gasteiger charge is 2.19. The van der Waals surface area contributed by atoms with E-state index in [1.165, 1.54) is 18.2 Å². The summed E-state index contributed by atoms with van der Waals surface area (Å²) in [5.41, 5.74) is 6.58. The molecule has 1 heterocycles. The number of amides is 2. The maximum Gasteiger partial charge on any atom is 0.280 e. The van der Waals surface area contributed by atoms with Gasteiger partial charge in [0.15, 0.2) is 11.5 Å². The van der Waals surface area contributed by atoms with Gasteiger partial charge in [-0.25, -0.2) is 9.07 Å². The minimum absolute atomic E-state index is 0.0675. The van der Waals surface area contributed by atoms with Gasteiger partial charge in [-0.1, -0.05) is 29.5 Å². The molecule has 0 saturated carbocycles. The number of aromatic nitrogens is 3. The van der Waals surface area contributed by atoms with Crippen molar-refractivity contribution in [1.29, 1.82) is 0 Å². The summed E-state index contributed by atoms with van der Waals surface area (Å²) in [6.07, 6.45) is 0. The molecule has 0 atom stereocenters. The maximum absolute atomic E-state index is 13.2. The first-order valence-corrected chi connectivity index (χ1v) is 7.63. The van der Waals surface area contributed by atoms with Crippen LogP contribution in [0.15, 0.2) is 54.6 Å². The molecule has 4 N–H and O–H groups in total. The minimum atomic E-state index is -0.650. The van der Waals surface area contributed by atoms with E-state index in [0.717, 1.165) is 10.7 Å². The number of nitrogen functional groups attached to an aromatic ring is 1. The second kappa shape index (κ2) is 7.43. The Bertz CT molecular complexity index is 941. The summed E-state index contributed by atoms with van der Waals surface area (Å²) in [6.45, 7) is -0.207. The third-order valence-corrected chi connectivity index (χ3v) is 3.42. The standard InChI is InChI=1S/C17H15FN6O2/c18-11-5-4-8-13(9-11)21-17(26)15-16(19)24(23-22-15)10-14(25)20-12-6-2-1-3-7-12/h1-9H,10,19H2,(H,20,25)(H,21,26). The number of carbonyl (C=O) groups is 2. The summed E-state index contributed by atoms with van der Waals surface area (Å²) in [6, 6.07) is 14.3. The number of hydrogen-bond donors (Lipinski definition) is 3. The number of rotatable bonds is 5. The van der Waals surface area contributed by atoms with Crippen molar-refractivity contribution < 1.29 is 14.0 Å². The molecule has 9 heteroatoms. The Kier molecular flexibility index (Phi) is 4.88. The van der Waals surface area contributed by atoms with E-state index in [1.54, 1.807) is 24.3 Å². The van der Waals surface area contributed by atoms with Gasteiger partial charge in [-0.15, -0.1) is 5.10 Å². The molecule has 2 amide bonds. The van der Waals surface area contributed by atoms with E-state index >= 15 is 0 Å². The summed E-state index contributed by atoms with van der Waals surface area (Å²) >= 11 is 0. The van der Waals surface area contributed by atoms with Crippen LogP contribution < -0.4 is 16.4 Å². The molecule has 0 unspecified atom stereocenters. The third kappa shape index (κ3) is 4.01. The van der Waals surface area contributed by atoms with E-state index in [2.05, 4.69) is 20.9 Å². The van der Waals surface area contributed by atoms with Crippen LogP contribution in [-0.2, 0) is 11.3 Å². The Labute approximate surface area is 147 Å². The molecule has 8 nitrogen and oxygen atoms in total. The van der Waals surface area contributed by atoms with Gasteiger partial charge in [0.1, 0.15) is 12.4 Å². The van der Waals surface area contributed by atoms with Crippen molar-refractivity contribution in [3.63, 3.8) is 0 Å². The summed E-state index contributed by atoms with van der Waals surface area (Å²) in [5, 5.41) is 12.6. The first-order chi connectivity index (χ1) is 12.5. The monoisotopic (exact) mass is 354 g/mol. The lowest BCUT2D eigenvalue weighted by molar-refractivity contribution is -0.116. The molecule has 0 aliphatic rings. The molecular formula is C17H15FN6O2. The quantitative estimate of drug-likeness (QED) is 0.647. The Balaban J connectivity index is 1.67. The zero-order valence-corrected chi connectivity index (χ0v) is 13.5. The van der Waals surface area contributed by atoms with Gasteiger partial charge in [-0.3, -0.25) is 9.59 Å². The van der Waals surface area contributed by atoms with Crippen LogP contribution >= 0.6 is 0 Å². The van der Waals surface area contributed by atoms with E-state index in [-0.39, 0.29) is 29.7 Å². The molecule has 0 fully saturated rings. The highest BCUT2D eigenvalue weighted by atomic mass is 19.1. The minimum Gasteiger partial charge on any atom is -0.382 e. The van der Waals surface area contributed by atoms with Gasteiger partial charge < -0.3 is 16.4 Å². The first-order valence-electron chi connectivity index (χ1n) is 7.63. The maximum atomic E-state index is 13.2. The van der Waals surface area contributed by atoms with E-state index < -0.39 is 11.7 Å². The average Bonchev–Trinajstić information content (AvgIpc) is 2.96. The topological polar surface area (TPSA) is 115 Å². The van der Waals surface area contributed by atoms with E-state index in [1.807, 2.05) is 6.07 Å². The zero-order valence-electron chi connectivity index (χ0n) is 13.5. The van der Waals surface area contributed by atoms with Crippen LogP contribution in [0.25, 0.3) is 0 Å². The van der Waals surface area contributed by atoms with Crippen molar-refractivity contribution in [3.8, 4) is 0 Å². The lowest BCUT2D eigenvalue weighted by atomic mass is 10.3. The SMILES string of the molecule is Nc1c(C(=O)Nc2cccc(F)c2)nnn1CC(=O)Nc1ccccc1. The molecule has 0 aliphatic heterocycles. The van der Waals surface area contributed by atoms with Crippen molar-refractivity contribution in [2.45, 2.75) is 6.54 Å². The number of para-hydroxylation sites is 1. The van der Waals surface area contributed by atoms with Crippen LogP contribution in [0.5, 0.6) is 0 Å². The fourth-order valence-electron chi connectivity index (χ4n) is 2.21. The van der Waals surface area contributed by atoms with Crippen molar-refractivity contribution in [3.05, 3.63) is 66.1 Å². The number of nitrogens with two attached hydrogens (primary N) is 1. The third-order valence-electron chi connectivity index (χ3n) is 3.42. The van der Waals surface area contributed by atoms with Crippen molar-refractivity contribution in [1.82, 2.24) is 15.0 Å². The van der Waals surface area contributed by atoms with Gasteiger partial charge in [0, 0.05) is 11.4 Å². The summed E-state index contributed by atoms with van der Waals surface area (Å²) < 4.78 is 14.3. The number of carbonyl (C=O) groups excluding carboxylic acids is 2. The summed E-state index contributed by atoms with van der Waals surface area (Å²) in [5.74, 6) is -1.58. The van der Waals surface area contributed by atoms with Crippen molar-refractivity contribution in [2.75, 3.05) is 16.4 Å². The van der Waals surface area contributed by atoms with Crippen molar-refractivity contribution in [2.24, 2.45) is 0 Å². The number of benzene rings is 2. The molecule has 0 radical (unpaired) electrons. The van der Waals surface area contributed by atoms with Gasteiger partial charge in [0.05, 0.1) is 0 Å². The summed E-state index contributed by atoms with van der Waals surface area (Å²) in [7, 11) is 0. The number of hydrogen-bond acceptors (Lipinski definition) is 5. The van der Waals surface area contributed by atoms with E-state index in [0.29, 0.717) is 5.69 Å². The van der Waals surface area contributed by atoms with E-state index in [9.17, 15) is 14.0 Å². The van der Waals surface area contributed by atoms with Gasteiger partial charge in [0.2, 0.25) is 5.91 Å². The van der Waals surface area contributed by atoms with E-state index in [4.69, 9.17) is 5.73 Å². The fraction of sp³-hybridized carbons (Fsp3) is 0.0588. The molecule has 3 aromatic rings. The molecule has 1 aromatic heterocycles. The number of anilines is 3. The number of halogens is 1. The van der Waals surface area contributed by atoms with Crippen LogP contribution in [0, 0.1) is 5.82 Å². The average molecular weight is 354 g/mol. The lowest BCUT2D eigenvalue weighted by Gasteiger charge is -2.06. The largest absolute Gasteiger partial charge is 0.382 e. The lowest BCUT2D eigenvalue weighted by Crippen LogP contribution is -2.21. The van der Waals surface area contributed by atoms with Crippen LogP contribution in [0.4, 0.5) is 21.6 Å². The van der Waals surface area contributed by atoms with Gasteiger partial charge in [-0.2, -0.15) is 0 Å².